The molecule has 0 radical (unpaired) electrons. The van der Waals surface area contributed by atoms with Crippen LogP contribution in [0.3, 0.4) is 0 Å². The third-order valence-corrected chi connectivity index (χ3v) is 10.1. The van der Waals surface area contributed by atoms with Crippen LogP contribution in [0.25, 0.3) is 88.3 Å². The normalized spacial score (nSPS) is 11.6. The van der Waals surface area contributed by atoms with E-state index in [2.05, 4.69) is 118 Å². The molecule has 54 heavy (non-hydrogen) atoms. The predicted molar refractivity (Wildman–Crippen MR) is 212 cm³/mol. The van der Waals surface area contributed by atoms with E-state index in [1.165, 1.54) is 5.56 Å². The van der Waals surface area contributed by atoms with Crippen LogP contribution in [0, 0.1) is 12.1 Å². The zero-order chi connectivity index (χ0) is 34.9. The van der Waals surface area contributed by atoms with E-state index in [1.807, 2.05) is 67.3 Å². The molecular weight excluding hydrogens is 846 g/mol. The van der Waals surface area contributed by atoms with Crippen LogP contribution in [-0.2, 0) is 21.1 Å². The van der Waals surface area contributed by atoms with Gasteiger partial charge in [0.15, 0.2) is 0 Å². The van der Waals surface area contributed by atoms with Gasteiger partial charge in [0, 0.05) is 47.4 Å². The fraction of sp³-hybridized carbons (Fsp3) is 0. The molecule has 0 spiro atoms. The minimum Gasteiger partial charge on any atom is -0.497 e. The van der Waals surface area contributed by atoms with Crippen molar-refractivity contribution in [3.05, 3.63) is 176 Å². The van der Waals surface area contributed by atoms with Gasteiger partial charge in [0.25, 0.3) is 0 Å². The first kappa shape index (κ1) is 32.1. The van der Waals surface area contributed by atoms with Gasteiger partial charge >= 0.3 is 21.1 Å². The van der Waals surface area contributed by atoms with Crippen LogP contribution in [0.4, 0.5) is 0 Å². The van der Waals surface area contributed by atoms with E-state index in [4.69, 9.17) is 19.7 Å². The number of benzene rings is 6. The van der Waals surface area contributed by atoms with Gasteiger partial charge in [-0.05, 0) is 39.8 Å². The first-order valence-electron chi connectivity index (χ1n) is 17.5. The Morgan fingerprint density at radius 2 is 1.17 bits per heavy atom. The molecule has 0 saturated heterocycles. The van der Waals surface area contributed by atoms with Gasteiger partial charge in [0.05, 0.1) is 28.0 Å². The number of nitrogens with zero attached hydrogens (tertiary/aromatic N) is 5. The van der Waals surface area contributed by atoms with Crippen molar-refractivity contribution in [2.45, 2.75) is 0 Å². The number of aromatic nitrogens is 5. The Kier molecular flexibility index (Phi) is 7.60. The summed E-state index contributed by atoms with van der Waals surface area (Å²) in [6, 6.07) is 55.2. The maximum atomic E-state index is 6.55. The molecule has 5 heterocycles. The molecule has 0 amide bonds. The van der Waals surface area contributed by atoms with Crippen LogP contribution in [0.15, 0.2) is 164 Å². The van der Waals surface area contributed by atoms with Crippen LogP contribution in [0.2, 0.25) is 0 Å². The first-order chi connectivity index (χ1) is 26.3. The van der Waals surface area contributed by atoms with Gasteiger partial charge in [0.2, 0.25) is 0 Å². The van der Waals surface area contributed by atoms with Gasteiger partial charge in [-0.1, -0.05) is 149 Å². The fourth-order valence-corrected chi connectivity index (χ4v) is 7.81. The Morgan fingerprint density at radius 1 is 0.519 bits per heavy atom. The van der Waals surface area contributed by atoms with Crippen molar-refractivity contribution >= 4 is 54.8 Å². The fourth-order valence-electron chi connectivity index (χ4n) is 7.81. The summed E-state index contributed by atoms with van der Waals surface area (Å²) >= 11 is 0. The smallest absolute Gasteiger partial charge is 0.497 e. The van der Waals surface area contributed by atoms with Gasteiger partial charge in [0.1, 0.15) is 0 Å². The summed E-state index contributed by atoms with van der Waals surface area (Å²) in [6.07, 6.45) is 7.64. The molecule has 0 bridgehead atoms. The predicted octanol–water partition coefficient (Wildman–Crippen LogP) is 11.4. The zero-order valence-corrected chi connectivity index (χ0v) is 30.8. The maximum absolute atomic E-state index is 6.55. The van der Waals surface area contributed by atoms with Gasteiger partial charge in [-0.3, -0.25) is 15.0 Å². The van der Waals surface area contributed by atoms with E-state index in [9.17, 15) is 0 Å². The van der Waals surface area contributed by atoms with Crippen LogP contribution in [0.5, 0.6) is 11.5 Å². The molecule has 11 aromatic rings. The number of fused-ring (bicyclic) bond motifs is 12. The number of hydrogen-bond acceptors (Lipinski definition) is 4. The Labute approximate surface area is 324 Å². The molecule has 5 aromatic heterocycles. The van der Waals surface area contributed by atoms with E-state index in [-0.39, 0.29) is 21.1 Å². The van der Waals surface area contributed by atoms with Gasteiger partial charge in [-0.15, -0.1) is 12.1 Å². The average Bonchev–Trinajstić information content (AvgIpc) is 3.91. The van der Waals surface area contributed by atoms with Crippen molar-refractivity contribution < 1.29 is 25.8 Å². The van der Waals surface area contributed by atoms with E-state index in [0.29, 0.717) is 11.5 Å². The molecule has 11 rings (SSSR count). The second-order valence-electron chi connectivity index (χ2n) is 13.1. The largest absolute Gasteiger partial charge is 2.00 e. The molecule has 6 aromatic carbocycles. The summed E-state index contributed by atoms with van der Waals surface area (Å²) in [5.41, 5.74) is 11.3. The van der Waals surface area contributed by atoms with E-state index < -0.39 is 0 Å². The van der Waals surface area contributed by atoms with Crippen LogP contribution in [-0.4, -0.2) is 23.8 Å². The van der Waals surface area contributed by atoms with Crippen LogP contribution < -0.4 is 4.74 Å². The Morgan fingerprint density at radius 3 is 1.91 bits per heavy atom. The molecule has 256 valence electrons. The number of ether oxygens (including phenoxy) is 1. The molecule has 0 aliphatic rings. The summed E-state index contributed by atoms with van der Waals surface area (Å²) < 4.78 is 10.9. The zero-order valence-electron chi connectivity index (χ0n) is 28.5. The minimum absolute atomic E-state index is 0. The van der Waals surface area contributed by atoms with Crippen molar-refractivity contribution in [2.24, 2.45) is 0 Å². The van der Waals surface area contributed by atoms with E-state index >= 15 is 0 Å². The Balaban J connectivity index is 0.00000361. The summed E-state index contributed by atoms with van der Waals surface area (Å²) in [4.78, 5) is 14.6. The summed E-state index contributed by atoms with van der Waals surface area (Å²) in [6.45, 7) is 0. The Bertz CT molecular complexity index is 3190. The molecular formula is C47H27N5OPt. The SMILES string of the molecule is [Pt+2].[c-]1c(Oc2[c-]c3c(cc2)c2ncccc2n2c(-c4ccccc4)cnc32)ccc2c1c1nccn1c1c(-c3ccccc3)c(-c3ccccc3)ccc21. The van der Waals surface area contributed by atoms with Gasteiger partial charge < -0.3 is 13.5 Å². The standard InChI is InChI=1S/C47H27N5O.Pt/c1-4-11-30(12-5-1)35-22-23-38-36-20-18-33(27-39(36)46-49-25-26-51(46)45(38)43(35)32-15-8-3-9-16-32)53-34-19-21-37-40(28-34)47-50-29-42(31-13-6-2-7-14-31)52(47)41-17-10-24-48-44(37)41;/h1-26,29H;/q-2;+2. The first-order valence-corrected chi connectivity index (χ1v) is 17.5. The van der Waals surface area contributed by atoms with Crippen molar-refractivity contribution in [3.8, 4) is 45.0 Å². The van der Waals surface area contributed by atoms with Gasteiger partial charge in [-0.2, -0.15) is 0 Å². The second-order valence-corrected chi connectivity index (χ2v) is 13.1. The van der Waals surface area contributed by atoms with Gasteiger partial charge in [-0.25, -0.2) is 0 Å². The summed E-state index contributed by atoms with van der Waals surface area (Å²) in [7, 11) is 0. The Hall–Kier alpha value is -6.62. The molecule has 0 fully saturated rings. The van der Waals surface area contributed by atoms with Crippen molar-refractivity contribution in [1.82, 2.24) is 23.8 Å². The third kappa shape index (κ3) is 4.95. The van der Waals surface area contributed by atoms with E-state index in [0.717, 1.165) is 82.7 Å². The molecule has 0 aliphatic carbocycles. The average molecular weight is 873 g/mol. The molecule has 0 N–H and O–H groups in total. The van der Waals surface area contributed by atoms with Crippen molar-refractivity contribution in [1.29, 1.82) is 0 Å². The number of hydrogen-bond donors (Lipinski definition) is 0. The maximum Gasteiger partial charge on any atom is 2.00 e. The van der Waals surface area contributed by atoms with Crippen molar-refractivity contribution in [3.63, 3.8) is 0 Å². The second kappa shape index (κ2) is 12.8. The monoisotopic (exact) mass is 872 g/mol. The molecule has 0 aliphatic heterocycles. The summed E-state index contributed by atoms with van der Waals surface area (Å²) in [5.74, 6) is 1.14. The molecule has 0 unspecified atom stereocenters. The topological polar surface area (TPSA) is 56.7 Å². The molecule has 7 heteroatoms. The molecule has 0 saturated carbocycles. The van der Waals surface area contributed by atoms with Crippen LogP contribution >= 0.6 is 0 Å². The summed E-state index contributed by atoms with van der Waals surface area (Å²) in [5, 5.41) is 4.84. The molecule has 0 atom stereocenters. The van der Waals surface area contributed by atoms with Crippen molar-refractivity contribution in [2.75, 3.05) is 0 Å². The third-order valence-electron chi connectivity index (χ3n) is 10.1. The number of rotatable bonds is 5. The van der Waals surface area contributed by atoms with E-state index in [1.54, 1.807) is 0 Å². The minimum atomic E-state index is 0. The number of imidazole rings is 2. The molecule has 6 nitrogen and oxygen atoms in total. The quantitative estimate of drug-likeness (QED) is 0.128. The number of pyridine rings is 3. The van der Waals surface area contributed by atoms with Crippen LogP contribution in [0.1, 0.15) is 0 Å².